The Kier molecular flexibility index (Phi) is 4.36. The third-order valence-electron chi connectivity index (χ3n) is 2.93. The van der Waals surface area contributed by atoms with Gasteiger partial charge in [-0.25, -0.2) is 0 Å². The lowest BCUT2D eigenvalue weighted by Crippen LogP contribution is -2.16. The van der Waals surface area contributed by atoms with Crippen LogP contribution >= 0.6 is 11.3 Å². The molecule has 0 bridgehead atoms. The van der Waals surface area contributed by atoms with Gasteiger partial charge in [0.15, 0.2) is 5.00 Å². The first-order chi connectivity index (χ1) is 9.49. The van der Waals surface area contributed by atoms with E-state index in [1.807, 2.05) is 42.3 Å². The summed E-state index contributed by atoms with van der Waals surface area (Å²) < 4.78 is 0. The molecule has 20 heavy (non-hydrogen) atoms. The van der Waals surface area contributed by atoms with E-state index in [4.69, 9.17) is 0 Å². The van der Waals surface area contributed by atoms with E-state index >= 15 is 0 Å². The summed E-state index contributed by atoms with van der Waals surface area (Å²) in [6.07, 6.45) is -0.697. The van der Waals surface area contributed by atoms with Gasteiger partial charge in [-0.15, -0.1) is 11.3 Å². The van der Waals surface area contributed by atoms with Crippen LogP contribution in [0.3, 0.4) is 0 Å². The van der Waals surface area contributed by atoms with Crippen molar-refractivity contribution in [1.82, 2.24) is 0 Å². The standard InChI is InChI=1S/C14H16N2O3S/c1-10(17)13-8-12(16(18)19)14(20-13)15(2)9-11-6-4-3-5-7-11/h3-8,10,17H,9H2,1-2H3/t10-/m0/s1. The van der Waals surface area contributed by atoms with Crippen molar-refractivity contribution >= 4 is 22.0 Å². The number of thiophene rings is 1. The quantitative estimate of drug-likeness (QED) is 0.678. The van der Waals surface area contributed by atoms with Crippen LogP contribution < -0.4 is 4.90 Å². The Morgan fingerprint density at radius 2 is 2.05 bits per heavy atom. The van der Waals surface area contributed by atoms with Gasteiger partial charge in [-0.05, 0) is 12.5 Å². The topological polar surface area (TPSA) is 66.6 Å². The van der Waals surface area contributed by atoms with Gasteiger partial charge < -0.3 is 10.0 Å². The molecule has 1 heterocycles. The van der Waals surface area contributed by atoms with Gasteiger partial charge in [0.25, 0.3) is 0 Å². The first-order valence-corrected chi connectivity index (χ1v) is 7.02. The first kappa shape index (κ1) is 14.5. The normalized spacial score (nSPS) is 12.2. The van der Waals surface area contributed by atoms with Crippen molar-refractivity contribution in [3.8, 4) is 0 Å². The molecule has 1 aromatic carbocycles. The molecular formula is C14H16N2O3S. The molecule has 0 aliphatic carbocycles. The Balaban J connectivity index is 2.28. The lowest BCUT2D eigenvalue weighted by molar-refractivity contribution is -0.383. The number of nitro groups is 1. The van der Waals surface area contributed by atoms with Crippen molar-refractivity contribution in [2.24, 2.45) is 0 Å². The van der Waals surface area contributed by atoms with Gasteiger partial charge in [0.05, 0.1) is 11.0 Å². The van der Waals surface area contributed by atoms with Crippen molar-refractivity contribution in [3.05, 3.63) is 57.0 Å². The summed E-state index contributed by atoms with van der Waals surface area (Å²) in [5.41, 5.74) is 1.13. The molecule has 1 N–H and O–H groups in total. The predicted molar refractivity (Wildman–Crippen MR) is 80.2 cm³/mol. The smallest absolute Gasteiger partial charge is 0.304 e. The van der Waals surface area contributed by atoms with E-state index in [1.165, 1.54) is 17.4 Å². The number of benzene rings is 1. The second-order valence-corrected chi connectivity index (χ2v) is 5.68. The number of rotatable bonds is 5. The van der Waals surface area contributed by atoms with E-state index < -0.39 is 11.0 Å². The Labute approximate surface area is 121 Å². The number of hydrogen-bond acceptors (Lipinski definition) is 5. The molecule has 2 rings (SSSR count). The molecule has 0 aliphatic rings. The Hall–Kier alpha value is -1.92. The fourth-order valence-electron chi connectivity index (χ4n) is 1.93. The molecular weight excluding hydrogens is 276 g/mol. The second-order valence-electron chi connectivity index (χ2n) is 4.61. The molecule has 0 spiro atoms. The van der Waals surface area contributed by atoms with Crippen molar-refractivity contribution in [3.63, 3.8) is 0 Å². The highest BCUT2D eigenvalue weighted by Crippen LogP contribution is 2.40. The molecule has 0 fully saturated rings. The van der Waals surface area contributed by atoms with Crippen LogP contribution in [0.25, 0.3) is 0 Å². The summed E-state index contributed by atoms with van der Waals surface area (Å²) in [6, 6.07) is 11.2. The van der Waals surface area contributed by atoms with Crippen LogP contribution in [0.4, 0.5) is 10.7 Å². The van der Waals surface area contributed by atoms with Crippen LogP contribution in [0.1, 0.15) is 23.5 Å². The summed E-state index contributed by atoms with van der Waals surface area (Å²) in [5.74, 6) is 0. The lowest BCUT2D eigenvalue weighted by atomic mass is 10.2. The predicted octanol–water partition coefficient (Wildman–Crippen LogP) is 3.35. The molecule has 1 atom stereocenters. The van der Waals surface area contributed by atoms with Crippen LogP contribution in [-0.2, 0) is 6.54 Å². The van der Waals surface area contributed by atoms with Gasteiger partial charge in [-0.3, -0.25) is 10.1 Å². The molecule has 0 saturated heterocycles. The third kappa shape index (κ3) is 3.15. The van der Waals surface area contributed by atoms with Crippen LogP contribution in [0.2, 0.25) is 0 Å². The fraction of sp³-hybridized carbons (Fsp3) is 0.286. The summed E-state index contributed by atoms with van der Waals surface area (Å²) in [7, 11) is 1.82. The van der Waals surface area contributed by atoms with Gasteiger partial charge in [0.1, 0.15) is 0 Å². The van der Waals surface area contributed by atoms with E-state index in [0.29, 0.717) is 16.4 Å². The average molecular weight is 292 g/mol. The molecule has 6 heteroatoms. The highest BCUT2D eigenvalue weighted by molar-refractivity contribution is 7.16. The van der Waals surface area contributed by atoms with Crippen molar-refractivity contribution in [1.29, 1.82) is 0 Å². The van der Waals surface area contributed by atoms with Gasteiger partial charge in [-0.1, -0.05) is 30.3 Å². The van der Waals surface area contributed by atoms with Gasteiger partial charge in [0, 0.05) is 24.5 Å². The number of aliphatic hydroxyl groups excluding tert-OH is 1. The lowest BCUT2D eigenvalue weighted by Gasteiger charge is -2.16. The number of hydrogen-bond donors (Lipinski definition) is 1. The maximum absolute atomic E-state index is 11.1. The molecule has 106 valence electrons. The van der Waals surface area contributed by atoms with Crippen LogP contribution in [0.15, 0.2) is 36.4 Å². The van der Waals surface area contributed by atoms with Gasteiger partial charge in [-0.2, -0.15) is 0 Å². The molecule has 0 saturated carbocycles. The van der Waals surface area contributed by atoms with Crippen LogP contribution in [0.5, 0.6) is 0 Å². The Morgan fingerprint density at radius 1 is 1.40 bits per heavy atom. The van der Waals surface area contributed by atoms with Crippen LogP contribution in [0, 0.1) is 10.1 Å². The summed E-state index contributed by atoms with van der Waals surface area (Å²) in [4.78, 5) is 13.2. The molecule has 2 aromatic rings. The number of aliphatic hydroxyl groups is 1. The summed E-state index contributed by atoms with van der Waals surface area (Å²) >= 11 is 1.26. The maximum atomic E-state index is 11.1. The zero-order chi connectivity index (χ0) is 14.7. The Morgan fingerprint density at radius 3 is 2.60 bits per heavy atom. The minimum absolute atomic E-state index is 0.0457. The zero-order valence-corrected chi connectivity index (χ0v) is 12.1. The summed E-state index contributed by atoms with van der Waals surface area (Å²) in [5, 5.41) is 21.3. The third-order valence-corrected chi connectivity index (χ3v) is 4.34. The van der Waals surface area contributed by atoms with E-state index in [-0.39, 0.29) is 5.69 Å². The monoisotopic (exact) mass is 292 g/mol. The SMILES string of the molecule is C[C@H](O)c1cc([N+](=O)[O-])c(N(C)Cc2ccccc2)s1. The zero-order valence-electron chi connectivity index (χ0n) is 11.3. The number of anilines is 1. The fourth-order valence-corrected chi connectivity index (χ4v) is 2.95. The molecule has 0 radical (unpaired) electrons. The van der Waals surface area contributed by atoms with Crippen molar-refractivity contribution in [2.45, 2.75) is 19.6 Å². The van der Waals surface area contributed by atoms with Crippen LogP contribution in [-0.4, -0.2) is 17.1 Å². The van der Waals surface area contributed by atoms with E-state index in [9.17, 15) is 15.2 Å². The summed E-state index contributed by atoms with van der Waals surface area (Å²) in [6.45, 7) is 2.19. The van der Waals surface area contributed by atoms with Crippen molar-refractivity contribution in [2.75, 3.05) is 11.9 Å². The largest absolute Gasteiger partial charge is 0.388 e. The van der Waals surface area contributed by atoms with Crippen molar-refractivity contribution < 1.29 is 10.0 Å². The van der Waals surface area contributed by atoms with Gasteiger partial charge >= 0.3 is 5.69 Å². The highest BCUT2D eigenvalue weighted by atomic mass is 32.1. The minimum Gasteiger partial charge on any atom is -0.388 e. The highest BCUT2D eigenvalue weighted by Gasteiger charge is 2.23. The average Bonchev–Trinajstić information content (AvgIpc) is 2.85. The van der Waals surface area contributed by atoms with E-state index in [1.54, 1.807) is 6.92 Å². The van der Waals surface area contributed by atoms with E-state index in [0.717, 1.165) is 5.56 Å². The maximum Gasteiger partial charge on any atom is 0.304 e. The number of nitrogens with zero attached hydrogens (tertiary/aromatic N) is 2. The molecule has 1 aromatic heterocycles. The second kappa shape index (κ2) is 6.02. The first-order valence-electron chi connectivity index (χ1n) is 6.20. The van der Waals surface area contributed by atoms with Gasteiger partial charge in [0.2, 0.25) is 0 Å². The molecule has 5 nitrogen and oxygen atoms in total. The molecule has 0 unspecified atom stereocenters. The molecule has 0 amide bonds. The van der Waals surface area contributed by atoms with E-state index in [2.05, 4.69) is 0 Å². The minimum atomic E-state index is -0.697. The molecule has 0 aliphatic heterocycles. The Bertz CT molecular complexity index is 596.